The first-order valence-electron chi connectivity index (χ1n) is 9.86. The van der Waals surface area contributed by atoms with Crippen LogP contribution in [0.2, 0.25) is 0 Å². The number of aromatic nitrogens is 1. The van der Waals surface area contributed by atoms with Crippen molar-refractivity contribution in [2.75, 3.05) is 0 Å². The summed E-state index contributed by atoms with van der Waals surface area (Å²) in [6.45, 7) is 5.55. The van der Waals surface area contributed by atoms with Gasteiger partial charge in [-0.2, -0.15) is 0 Å². The first kappa shape index (κ1) is 24.2. The Labute approximate surface area is 204 Å². The Morgan fingerprint density at radius 1 is 1.07 bits per heavy atom. The number of pyridine rings is 1. The maximum Gasteiger partial charge on any atom is 0.263 e. The molecular weight excluding hydrogens is 449 g/mol. The van der Waals surface area contributed by atoms with Crippen LogP contribution in [0.4, 0.5) is 0 Å². The van der Waals surface area contributed by atoms with Gasteiger partial charge in [0.1, 0.15) is 5.88 Å². The first-order chi connectivity index (χ1) is 14.0. The number of benzene rings is 2. The second kappa shape index (κ2) is 11.4. The standard InChI is InChI=1S/C25H27N2O2.Y/c1-19(27-24(28)25(2,3)29-23-16-10-11-17-26-23)22(21-14-8-5-9-15-21)18-20-12-6-4-7-13-20;/h4-10,12-17,19,22H,18H2,1-3H3,(H,27,28);/q-1;. The van der Waals surface area contributed by atoms with Gasteiger partial charge in [-0.3, -0.25) is 9.78 Å². The predicted molar refractivity (Wildman–Crippen MR) is 115 cm³/mol. The van der Waals surface area contributed by atoms with Crippen LogP contribution in [0, 0.1) is 6.07 Å². The van der Waals surface area contributed by atoms with Crippen molar-refractivity contribution in [2.24, 2.45) is 0 Å². The number of hydrogen-bond acceptors (Lipinski definition) is 3. The van der Waals surface area contributed by atoms with Crippen LogP contribution >= 0.6 is 0 Å². The zero-order chi connectivity index (χ0) is 20.7. The molecule has 0 fully saturated rings. The molecule has 2 aromatic carbocycles. The molecule has 1 aromatic heterocycles. The monoisotopic (exact) mass is 476 g/mol. The van der Waals surface area contributed by atoms with Crippen molar-refractivity contribution in [2.45, 2.75) is 44.8 Å². The van der Waals surface area contributed by atoms with E-state index < -0.39 is 5.60 Å². The number of hydrogen-bond donors (Lipinski definition) is 1. The summed E-state index contributed by atoms with van der Waals surface area (Å²) in [7, 11) is 0. The predicted octanol–water partition coefficient (Wildman–Crippen LogP) is 4.57. The van der Waals surface area contributed by atoms with Crippen molar-refractivity contribution in [3.8, 4) is 5.88 Å². The van der Waals surface area contributed by atoms with Gasteiger partial charge >= 0.3 is 0 Å². The minimum atomic E-state index is -1.05. The Hall–Kier alpha value is -2.04. The number of amides is 1. The zero-order valence-electron chi connectivity index (χ0n) is 17.7. The molecule has 1 N–H and O–H groups in total. The zero-order valence-corrected chi connectivity index (χ0v) is 20.5. The normalized spacial score (nSPS) is 12.9. The fraction of sp³-hybridized carbons (Fsp3) is 0.280. The largest absolute Gasteiger partial charge is 0.478 e. The Balaban J connectivity index is 0.00000320. The van der Waals surface area contributed by atoms with E-state index in [4.69, 9.17) is 4.74 Å². The molecule has 0 bridgehead atoms. The number of carbonyl (C=O) groups excluding carboxylic acids is 1. The fourth-order valence-electron chi connectivity index (χ4n) is 3.31. The fourth-order valence-corrected chi connectivity index (χ4v) is 3.31. The van der Waals surface area contributed by atoms with E-state index in [0.717, 1.165) is 6.42 Å². The molecule has 0 saturated heterocycles. The van der Waals surface area contributed by atoms with Crippen molar-refractivity contribution >= 4 is 5.91 Å². The van der Waals surface area contributed by atoms with Crippen molar-refractivity contribution < 1.29 is 42.2 Å². The van der Waals surface area contributed by atoms with Crippen LogP contribution in [0.15, 0.2) is 79.0 Å². The van der Waals surface area contributed by atoms with E-state index in [1.54, 1.807) is 26.0 Å². The molecule has 153 valence electrons. The minimum Gasteiger partial charge on any atom is -0.478 e. The number of carbonyl (C=O) groups is 1. The van der Waals surface area contributed by atoms with Crippen molar-refractivity contribution in [3.05, 3.63) is 96.2 Å². The third-order valence-electron chi connectivity index (χ3n) is 4.98. The van der Waals surface area contributed by atoms with Gasteiger partial charge in [0.2, 0.25) is 0 Å². The molecule has 3 aromatic rings. The van der Waals surface area contributed by atoms with Gasteiger partial charge in [0.25, 0.3) is 5.91 Å². The summed E-state index contributed by atoms with van der Waals surface area (Å²) in [6, 6.07) is 26.8. The molecule has 1 amide bonds. The van der Waals surface area contributed by atoms with Gasteiger partial charge in [-0.1, -0.05) is 66.9 Å². The van der Waals surface area contributed by atoms with E-state index in [1.807, 2.05) is 43.3 Å². The molecule has 0 spiro atoms. The molecule has 1 heterocycles. The molecule has 1 radical (unpaired) electrons. The third-order valence-corrected chi connectivity index (χ3v) is 4.98. The summed E-state index contributed by atoms with van der Waals surface area (Å²) in [5.41, 5.74) is 1.39. The number of rotatable bonds is 8. The van der Waals surface area contributed by atoms with Crippen LogP contribution in [-0.4, -0.2) is 22.5 Å². The molecule has 2 atom stereocenters. The van der Waals surface area contributed by atoms with Crippen LogP contribution in [-0.2, 0) is 43.9 Å². The van der Waals surface area contributed by atoms with E-state index in [2.05, 4.69) is 40.6 Å². The molecule has 0 aliphatic carbocycles. The summed E-state index contributed by atoms with van der Waals surface area (Å²) in [5, 5.41) is 3.16. The summed E-state index contributed by atoms with van der Waals surface area (Å²) < 4.78 is 5.83. The molecule has 4 nitrogen and oxygen atoms in total. The maximum atomic E-state index is 13.0. The number of nitrogens with zero attached hydrogens (tertiary/aromatic N) is 1. The molecule has 0 aliphatic heterocycles. The molecule has 0 saturated carbocycles. The topological polar surface area (TPSA) is 51.2 Å². The van der Waals surface area contributed by atoms with Gasteiger partial charge in [-0.25, -0.2) is 12.1 Å². The maximum absolute atomic E-state index is 13.0. The van der Waals surface area contributed by atoms with E-state index in [1.165, 1.54) is 17.3 Å². The summed E-state index contributed by atoms with van der Waals surface area (Å²) >= 11 is 0. The van der Waals surface area contributed by atoms with E-state index in [-0.39, 0.29) is 50.6 Å². The number of ether oxygens (including phenoxy) is 1. The van der Waals surface area contributed by atoms with Crippen LogP contribution in [0.25, 0.3) is 0 Å². The molecule has 2 unspecified atom stereocenters. The van der Waals surface area contributed by atoms with Crippen molar-refractivity contribution in [3.63, 3.8) is 0 Å². The Kier molecular flexibility index (Phi) is 9.19. The summed E-state index contributed by atoms with van der Waals surface area (Å²) in [5.74, 6) is 0.372. The van der Waals surface area contributed by atoms with E-state index >= 15 is 0 Å². The van der Waals surface area contributed by atoms with Crippen molar-refractivity contribution in [1.29, 1.82) is 0 Å². The van der Waals surface area contributed by atoms with Crippen LogP contribution in [0.1, 0.15) is 37.8 Å². The van der Waals surface area contributed by atoms with Crippen LogP contribution < -0.4 is 10.1 Å². The third kappa shape index (κ3) is 6.75. The van der Waals surface area contributed by atoms with Crippen molar-refractivity contribution in [1.82, 2.24) is 10.3 Å². The second-order valence-corrected chi connectivity index (χ2v) is 7.68. The summed E-state index contributed by atoms with van der Waals surface area (Å²) in [6.07, 6.45) is 2.36. The van der Waals surface area contributed by atoms with Crippen LogP contribution in [0.3, 0.4) is 0 Å². The molecular formula is C25H27N2O2Y-. The molecule has 0 aliphatic rings. The Morgan fingerprint density at radius 2 is 1.70 bits per heavy atom. The average Bonchev–Trinajstić information content (AvgIpc) is 2.73. The molecule has 5 heteroatoms. The Bertz CT molecular complexity index is 902. The molecule has 3 rings (SSSR count). The number of nitrogens with one attached hydrogen (secondary N) is 1. The van der Waals surface area contributed by atoms with Gasteiger partial charge in [0, 0.05) is 44.7 Å². The van der Waals surface area contributed by atoms with E-state index in [0.29, 0.717) is 5.88 Å². The average molecular weight is 476 g/mol. The SMILES string of the molecule is CC(NC(=O)C(C)(C)Oc1cc[c-]cn1)C(Cc1ccccc1)c1ccccc1.[Y]. The second-order valence-electron chi connectivity index (χ2n) is 7.68. The summed E-state index contributed by atoms with van der Waals surface area (Å²) in [4.78, 5) is 17.1. The van der Waals surface area contributed by atoms with Gasteiger partial charge in [0.05, 0.1) is 0 Å². The van der Waals surface area contributed by atoms with Gasteiger partial charge < -0.3 is 10.1 Å². The first-order valence-corrected chi connectivity index (χ1v) is 9.86. The minimum absolute atomic E-state index is 0. The Morgan fingerprint density at radius 3 is 2.30 bits per heavy atom. The van der Waals surface area contributed by atoms with Crippen LogP contribution in [0.5, 0.6) is 5.88 Å². The molecule has 30 heavy (non-hydrogen) atoms. The smallest absolute Gasteiger partial charge is 0.263 e. The van der Waals surface area contributed by atoms with Gasteiger partial charge in [-0.05, 0) is 38.3 Å². The quantitative estimate of drug-likeness (QED) is 0.485. The van der Waals surface area contributed by atoms with E-state index in [9.17, 15) is 4.79 Å². The van der Waals surface area contributed by atoms with Gasteiger partial charge in [-0.15, -0.1) is 6.07 Å². The van der Waals surface area contributed by atoms with Gasteiger partial charge in [0.15, 0.2) is 5.60 Å².